The van der Waals surface area contributed by atoms with Crippen LogP contribution in [0, 0.1) is 5.92 Å². The summed E-state index contributed by atoms with van der Waals surface area (Å²) in [4.78, 5) is 16.9. The van der Waals surface area contributed by atoms with Gasteiger partial charge in [-0.25, -0.2) is 0 Å². The molecule has 6 nitrogen and oxygen atoms in total. The van der Waals surface area contributed by atoms with Crippen LogP contribution in [0.2, 0.25) is 0 Å². The van der Waals surface area contributed by atoms with Gasteiger partial charge in [0, 0.05) is 17.8 Å². The molecular formula is C17H20N4O2. The average Bonchev–Trinajstić information content (AvgIpc) is 3.27. The van der Waals surface area contributed by atoms with Gasteiger partial charge >= 0.3 is 0 Å². The van der Waals surface area contributed by atoms with Gasteiger partial charge in [-0.2, -0.15) is 5.10 Å². The lowest BCUT2D eigenvalue weighted by atomic mass is 9.76. The van der Waals surface area contributed by atoms with Crippen LogP contribution in [0.1, 0.15) is 59.5 Å². The van der Waals surface area contributed by atoms with E-state index < -0.39 is 0 Å². The first-order chi connectivity index (χ1) is 11.2. The highest BCUT2D eigenvalue weighted by Gasteiger charge is 2.37. The van der Waals surface area contributed by atoms with Crippen LogP contribution in [-0.4, -0.2) is 32.3 Å². The quantitative estimate of drug-likeness (QED) is 0.786. The van der Waals surface area contributed by atoms with Gasteiger partial charge in [-0.05, 0) is 49.8 Å². The van der Waals surface area contributed by atoms with Gasteiger partial charge < -0.3 is 10.4 Å². The number of aromatic nitrogens is 3. The van der Waals surface area contributed by atoms with Crippen LogP contribution in [0.5, 0.6) is 0 Å². The van der Waals surface area contributed by atoms with E-state index in [0.29, 0.717) is 24.5 Å². The van der Waals surface area contributed by atoms with Crippen molar-refractivity contribution in [1.82, 2.24) is 20.5 Å². The van der Waals surface area contributed by atoms with E-state index in [1.54, 1.807) is 6.20 Å². The summed E-state index contributed by atoms with van der Waals surface area (Å²) >= 11 is 0. The predicted molar refractivity (Wildman–Crippen MR) is 83.7 cm³/mol. The predicted octanol–water partition coefficient (Wildman–Crippen LogP) is 1.92. The van der Waals surface area contributed by atoms with Gasteiger partial charge in [-0.3, -0.25) is 14.9 Å². The van der Waals surface area contributed by atoms with Crippen LogP contribution in [-0.2, 0) is 0 Å². The number of hydrogen-bond donors (Lipinski definition) is 3. The third-order valence-corrected chi connectivity index (χ3v) is 4.76. The lowest BCUT2D eigenvalue weighted by molar-refractivity contribution is 0.0227. The molecule has 3 N–H and O–H groups in total. The van der Waals surface area contributed by atoms with Gasteiger partial charge in [0.05, 0.1) is 17.8 Å². The van der Waals surface area contributed by atoms with Gasteiger partial charge in [0.1, 0.15) is 5.69 Å². The molecular weight excluding hydrogens is 292 g/mol. The minimum absolute atomic E-state index is 0.187. The zero-order chi connectivity index (χ0) is 15.8. The van der Waals surface area contributed by atoms with E-state index in [4.69, 9.17) is 0 Å². The molecule has 2 fully saturated rings. The van der Waals surface area contributed by atoms with Crippen molar-refractivity contribution in [3.8, 4) is 0 Å². The molecule has 2 heterocycles. The maximum Gasteiger partial charge on any atom is 0.272 e. The number of aromatic amines is 1. The van der Waals surface area contributed by atoms with Crippen molar-refractivity contribution in [2.24, 2.45) is 5.92 Å². The number of carbonyl (C=O) groups excluding carboxylic acids is 1. The zero-order valence-electron chi connectivity index (χ0n) is 12.8. The second-order valence-corrected chi connectivity index (χ2v) is 6.57. The van der Waals surface area contributed by atoms with E-state index in [2.05, 4.69) is 20.5 Å². The number of nitrogens with one attached hydrogen (secondary N) is 2. The minimum atomic E-state index is -0.269. The highest BCUT2D eigenvalue weighted by Crippen LogP contribution is 2.39. The summed E-state index contributed by atoms with van der Waals surface area (Å²) < 4.78 is 0. The summed E-state index contributed by atoms with van der Waals surface area (Å²) in [5.41, 5.74) is 2.30. The van der Waals surface area contributed by atoms with Crippen LogP contribution >= 0.6 is 0 Å². The smallest absolute Gasteiger partial charge is 0.272 e. The standard InChI is InChI=1S/C17H20N4O2/c22-12-7-11(8-12)16(13-3-1-2-6-18-13)19-17(23)15-9-14(20-21-15)10-4-5-10/h1-3,6,9-12,16,22H,4-5,7-8H2,(H,19,23)(H,20,21)/t11?,12?,16-/m0/s1. The van der Waals surface area contributed by atoms with Crippen LogP contribution < -0.4 is 5.32 Å². The number of pyridine rings is 1. The molecule has 1 atom stereocenters. The fraction of sp³-hybridized carbons (Fsp3) is 0.471. The summed E-state index contributed by atoms with van der Waals surface area (Å²) in [5.74, 6) is 0.563. The Balaban J connectivity index is 1.51. The van der Waals surface area contributed by atoms with E-state index in [9.17, 15) is 9.90 Å². The van der Waals surface area contributed by atoms with Gasteiger partial charge in [0.2, 0.25) is 0 Å². The van der Waals surface area contributed by atoms with Gasteiger partial charge in [-0.1, -0.05) is 6.07 Å². The van der Waals surface area contributed by atoms with E-state index >= 15 is 0 Å². The van der Waals surface area contributed by atoms with Crippen LogP contribution in [0.3, 0.4) is 0 Å². The highest BCUT2D eigenvalue weighted by molar-refractivity contribution is 5.92. The number of rotatable bonds is 5. The molecule has 6 heteroatoms. The van der Waals surface area contributed by atoms with Crippen molar-refractivity contribution in [1.29, 1.82) is 0 Å². The molecule has 0 unspecified atom stereocenters. The van der Waals surface area contributed by atoms with Crippen LogP contribution in [0.4, 0.5) is 0 Å². The van der Waals surface area contributed by atoms with Crippen molar-refractivity contribution < 1.29 is 9.90 Å². The van der Waals surface area contributed by atoms with Gasteiger partial charge in [-0.15, -0.1) is 0 Å². The molecule has 4 rings (SSSR count). The fourth-order valence-corrected chi connectivity index (χ4v) is 3.17. The maximum atomic E-state index is 12.5. The maximum absolute atomic E-state index is 12.5. The molecule has 2 saturated carbocycles. The molecule has 2 aromatic heterocycles. The molecule has 0 aromatic carbocycles. The second-order valence-electron chi connectivity index (χ2n) is 6.57. The number of hydrogen-bond acceptors (Lipinski definition) is 4. The molecule has 2 aliphatic carbocycles. The Morgan fingerprint density at radius 2 is 2.17 bits per heavy atom. The van der Waals surface area contributed by atoms with Crippen molar-refractivity contribution >= 4 is 5.91 Å². The fourth-order valence-electron chi connectivity index (χ4n) is 3.17. The second kappa shape index (κ2) is 5.77. The van der Waals surface area contributed by atoms with Gasteiger partial charge in [0.25, 0.3) is 5.91 Å². The largest absolute Gasteiger partial charge is 0.393 e. The Bertz CT molecular complexity index is 690. The molecule has 1 amide bonds. The number of aliphatic hydroxyl groups is 1. The Hall–Kier alpha value is -2.21. The van der Waals surface area contributed by atoms with Crippen molar-refractivity contribution in [3.05, 3.63) is 47.5 Å². The van der Waals surface area contributed by atoms with Crippen molar-refractivity contribution in [2.75, 3.05) is 0 Å². The molecule has 0 bridgehead atoms. The van der Waals surface area contributed by atoms with Crippen molar-refractivity contribution in [3.63, 3.8) is 0 Å². The first-order valence-corrected chi connectivity index (χ1v) is 8.16. The molecule has 120 valence electrons. The number of carbonyl (C=O) groups is 1. The first-order valence-electron chi connectivity index (χ1n) is 8.16. The Morgan fingerprint density at radius 3 is 2.83 bits per heavy atom. The van der Waals surface area contributed by atoms with E-state index in [1.165, 1.54) is 12.8 Å². The normalized spacial score (nSPS) is 24.7. The van der Waals surface area contributed by atoms with Gasteiger partial charge in [0.15, 0.2) is 0 Å². The third-order valence-electron chi connectivity index (χ3n) is 4.76. The molecule has 23 heavy (non-hydrogen) atoms. The Kier molecular flexibility index (Phi) is 3.61. The lowest BCUT2D eigenvalue weighted by Gasteiger charge is -2.37. The Labute approximate surface area is 134 Å². The Morgan fingerprint density at radius 1 is 1.35 bits per heavy atom. The summed E-state index contributed by atoms with van der Waals surface area (Å²) in [6, 6.07) is 7.34. The van der Waals surface area contributed by atoms with E-state index in [0.717, 1.165) is 11.4 Å². The zero-order valence-corrected chi connectivity index (χ0v) is 12.8. The summed E-state index contributed by atoms with van der Waals surface area (Å²) in [7, 11) is 0. The molecule has 0 radical (unpaired) electrons. The molecule has 2 aliphatic rings. The monoisotopic (exact) mass is 312 g/mol. The molecule has 0 spiro atoms. The van der Waals surface area contributed by atoms with Crippen LogP contribution in [0.15, 0.2) is 30.5 Å². The summed E-state index contributed by atoms with van der Waals surface area (Å²) in [6.07, 6.45) is 5.17. The number of H-pyrrole nitrogens is 1. The summed E-state index contributed by atoms with van der Waals surface area (Å²) in [6.45, 7) is 0. The molecule has 2 aromatic rings. The molecule has 0 saturated heterocycles. The van der Waals surface area contributed by atoms with E-state index in [-0.39, 0.29) is 24.0 Å². The first kappa shape index (κ1) is 14.4. The van der Waals surface area contributed by atoms with E-state index in [1.807, 2.05) is 24.3 Å². The lowest BCUT2D eigenvalue weighted by Crippen LogP contribution is -2.41. The topological polar surface area (TPSA) is 90.9 Å². The number of aliphatic hydroxyl groups excluding tert-OH is 1. The molecule has 0 aliphatic heterocycles. The number of nitrogens with zero attached hydrogens (tertiary/aromatic N) is 2. The third kappa shape index (κ3) is 2.99. The number of amides is 1. The highest BCUT2D eigenvalue weighted by atomic mass is 16.3. The SMILES string of the molecule is O=C(N[C@H](c1ccccn1)C1CC(O)C1)c1cc(C2CC2)[nH]n1. The minimum Gasteiger partial charge on any atom is -0.393 e. The van der Waals surface area contributed by atoms with Crippen LogP contribution in [0.25, 0.3) is 0 Å². The van der Waals surface area contributed by atoms with Crippen molar-refractivity contribution in [2.45, 2.75) is 43.7 Å². The summed E-state index contributed by atoms with van der Waals surface area (Å²) in [5, 5.41) is 19.7. The average molecular weight is 312 g/mol.